The van der Waals surface area contributed by atoms with Crippen molar-refractivity contribution in [2.24, 2.45) is 23.7 Å². The molecule has 1 saturated carbocycles. The Hall–Kier alpha value is -0.380. The molecule has 0 aromatic carbocycles. The van der Waals surface area contributed by atoms with Crippen molar-refractivity contribution in [1.29, 1.82) is 0 Å². The van der Waals surface area contributed by atoms with Crippen LogP contribution in [0.5, 0.6) is 0 Å². The SMILES string of the molecule is COCOC[C@H]1[C@@H](CO)[C@H]2C=C[C@@H]1C2. The molecule has 0 amide bonds. The largest absolute Gasteiger partial charge is 0.396 e. The summed E-state index contributed by atoms with van der Waals surface area (Å²) in [5.41, 5.74) is 0. The van der Waals surface area contributed by atoms with E-state index >= 15 is 0 Å². The maximum absolute atomic E-state index is 9.29. The van der Waals surface area contributed by atoms with Gasteiger partial charge in [0.25, 0.3) is 0 Å². The van der Waals surface area contributed by atoms with Crippen molar-refractivity contribution in [3.63, 3.8) is 0 Å². The second-order valence-electron chi connectivity index (χ2n) is 4.24. The third kappa shape index (κ3) is 1.72. The normalized spacial score (nSPS) is 39.6. The molecule has 0 saturated heterocycles. The topological polar surface area (TPSA) is 38.7 Å². The fourth-order valence-electron chi connectivity index (χ4n) is 2.81. The van der Waals surface area contributed by atoms with Crippen LogP contribution in [-0.2, 0) is 9.47 Å². The van der Waals surface area contributed by atoms with Gasteiger partial charge in [0.15, 0.2) is 0 Å². The molecule has 1 N–H and O–H groups in total. The van der Waals surface area contributed by atoms with Gasteiger partial charge in [-0.2, -0.15) is 0 Å². The van der Waals surface area contributed by atoms with Crippen LogP contribution in [0.15, 0.2) is 12.2 Å². The number of methoxy groups -OCH3 is 1. The van der Waals surface area contributed by atoms with Crippen molar-refractivity contribution >= 4 is 0 Å². The van der Waals surface area contributed by atoms with Crippen molar-refractivity contribution in [2.45, 2.75) is 6.42 Å². The highest BCUT2D eigenvalue weighted by Gasteiger charge is 2.43. The quantitative estimate of drug-likeness (QED) is 0.407. The fraction of sp³-hybridized carbons (Fsp3) is 0.818. The lowest BCUT2D eigenvalue weighted by Crippen LogP contribution is -2.27. The molecule has 0 aromatic heterocycles. The monoisotopic (exact) mass is 198 g/mol. The summed E-state index contributed by atoms with van der Waals surface area (Å²) in [6.07, 6.45) is 5.72. The number of fused-ring (bicyclic) bond motifs is 2. The van der Waals surface area contributed by atoms with E-state index in [1.807, 2.05) is 0 Å². The summed E-state index contributed by atoms with van der Waals surface area (Å²) in [6.45, 7) is 1.35. The van der Waals surface area contributed by atoms with E-state index < -0.39 is 0 Å². The van der Waals surface area contributed by atoms with Gasteiger partial charge in [0.05, 0.1) is 6.61 Å². The van der Waals surface area contributed by atoms with E-state index in [-0.39, 0.29) is 6.61 Å². The molecular weight excluding hydrogens is 180 g/mol. The van der Waals surface area contributed by atoms with Gasteiger partial charge in [0.1, 0.15) is 6.79 Å². The Morgan fingerprint density at radius 2 is 2.00 bits per heavy atom. The van der Waals surface area contributed by atoms with Gasteiger partial charge in [0, 0.05) is 13.7 Å². The summed E-state index contributed by atoms with van der Waals surface area (Å²) in [7, 11) is 1.63. The minimum atomic E-state index is 0.284. The minimum absolute atomic E-state index is 0.284. The van der Waals surface area contributed by atoms with Crippen LogP contribution in [0.1, 0.15) is 6.42 Å². The molecule has 0 heterocycles. The number of hydrogen-bond acceptors (Lipinski definition) is 3. The smallest absolute Gasteiger partial charge is 0.146 e. The third-order valence-corrected chi connectivity index (χ3v) is 3.52. The van der Waals surface area contributed by atoms with Gasteiger partial charge in [0.2, 0.25) is 0 Å². The molecule has 4 atom stereocenters. The molecule has 2 bridgehead atoms. The molecule has 3 nitrogen and oxygen atoms in total. The molecule has 1 fully saturated rings. The number of ether oxygens (including phenoxy) is 2. The van der Waals surface area contributed by atoms with Crippen molar-refractivity contribution < 1.29 is 14.6 Å². The first-order valence-electron chi connectivity index (χ1n) is 5.22. The summed E-state index contributed by atoms with van der Waals surface area (Å²) in [5, 5.41) is 9.29. The predicted octanol–water partition coefficient (Wildman–Crippen LogP) is 1.04. The van der Waals surface area contributed by atoms with Crippen molar-refractivity contribution in [2.75, 3.05) is 27.1 Å². The molecule has 0 spiro atoms. The lowest BCUT2D eigenvalue weighted by molar-refractivity contribution is -0.0550. The van der Waals surface area contributed by atoms with E-state index in [9.17, 15) is 5.11 Å². The van der Waals surface area contributed by atoms with E-state index in [2.05, 4.69) is 12.2 Å². The Kier molecular flexibility index (Phi) is 3.21. The summed E-state index contributed by atoms with van der Waals surface area (Å²) >= 11 is 0. The van der Waals surface area contributed by atoms with Crippen LogP contribution >= 0.6 is 0 Å². The van der Waals surface area contributed by atoms with Gasteiger partial charge < -0.3 is 14.6 Å². The molecule has 80 valence electrons. The Balaban J connectivity index is 1.87. The molecule has 2 aliphatic rings. The summed E-state index contributed by atoms with van der Waals surface area (Å²) in [4.78, 5) is 0. The average Bonchev–Trinajstić information content (AvgIpc) is 2.78. The van der Waals surface area contributed by atoms with E-state index in [1.54, 1.807) is 7.11 Å². The first kappa shape index (κ1) is 10.1. The minimum Gasteiger partial charge on any atom is -0.396 e. The Bertz CT molecular complexity index is 215. The van der Waals surface area contributed by atoms with Crippen LogP contribution in [0.2, 0.25) is 0 Å². The van der Waals surface area contributed by atoms with Crippen molar-refractivity contribution in [1.82, 2.24) is 0 Å². The number of hydrogen-bond donors (Lipinski definition) is 1. The molecule has 0 unspecified atom stereocenters. The molecule has 14 heavy (non-hydrogen) atoms. The van der Waals surface area contributed by atoms with Gasteiger partial charge >= 0.3 is 0 Å². The maximum atomic E-state index is 9.29. The number of rotatable bonds is 5. The number of allylic oxidation sites excluding steroid dienone is 2. The van der Waals surface area contributed by atoms with E-state index in [1.165, 1.54) is 6.42 Å². The standard InChI is InChI=1S/C11H18O3/c1-13-7-14-6-11-9-3-2-8(4-9)10(11)5-12/h2-3,8-12H,4-7H2,1H3/t8-,9+,10-,11+/m0/s1. The van der Waals surface area contributed by atoms with Crippen LogP contribution in [0.3, 0.4) is 0 Å². The highest BCUT2D eigenvalue weighted by Crippen LogP contribution is 2.47. The van der Waals surface area contributed by atoms with Crippen LogP contribution in [0, 0.1) is 23.7 Å². The van der Waals surface area contributed by atoms with Crippen molar-refractivity contribution in [3.8, 4) is 0 Å². The van der Waals surface area contributed by atoms with Gasteiger partial charge in [-0.05, 0) is 30.1 Å². The third-order valence-electron chi connectivity index (χ3n) is 3.52. The van der Waals surface area contributed by atoms with E-state index in [0.717, 1.165) is 0 Å². The van der Waals surface area contributed by atoms with E-state index in [4.69, 9.17) is 9.47 Å². The Morgan fingerprint density at radius 3 is 2.64 bits per heavy atom. The zero-order valence-electron chi connectivity index (χ0n) is 8.56. The molecule has 2 rings (SSSR count). The molecular formula is C11H18O3. The lowest BCUT2D eigenvalue weighted by Gasteiger charge is -2.25. The zero-order chi connectivity index (χ0) is 9.97. The average molecular weight is 198 g/mol. The molecule has 3 heteroatoms. The van der Waals surface area contributed by atoms with Crippen LogP contribution in [0.4, 0.5) is 0 Å². The fourth-order valence-corrected chi connectivity index (χ4v) is 2.81. The predicted molar refractivity (Wildman–Crippen MR) is 52.6 cm³/mol. The van der Waals surface area contributed by atoms with Gasteiger partial charge in [-0.25, -0.2) is 0 Å². The van der Waals surface area contributed by atoms with Gasteiger partial charge in [-0.3, -0.25) is 0 Å². The summed E-state index contributed by atoms with van der Waals surface area (Å²) in [6, 6.07) is 0. The summed E-state index contributed by atoms with van der Waals surface area (Å²) < 4.78 is 10.2. The van der Waals surface area contributed by atoms with Crippen molar-refractivity contribution in [3.05, 3.63) is 12.2 Å². The molecule has 0 aromatic rings. The van der Waals surface area contributed by atoms with Crippen LogP contribution in [0.25, 0.3) is 0 Å². The maximum Gasteiger partial charge on any atom is 0.146 e. The highest BCUT2D eigenvalue weighted by atomic mass is 16.7. The lowest BCUT2D eigenvalue weighted by atomic mass is 9.84. The first-order chi connectivity index (χ1) is 6.86. The van der Waals surface area contributed by atoms with E-state index in [0.29, 0.717) is 37.1 Å². The van der Waals surface area contributed by atoms with Gasteiger partial charge in [-0.15, -0.1) is 0 Å². The molecule has 0 radical (unpaired) electrons. The zero-order valence-corrected chi connectivity index (χ0v) is 8.56. The van der Waals surface area contributed by atoms with Crippen LogP contribution in [-0.4, -0.2) is 32.2 Å². The number of aliphatic hydroxyl groups excluding tert-OH is 1. The second-order valence-corrected chi connectivity index (χ2v) is 4.24. The van der Waals surface area contributed by atoms with Gasteiger partial charge in [-0.1, -0.05) is 12.2 Å². The molecule has 0 aliphatic heterocycles. The summed E-state index contributed by atoms with van der Waals surface area (Å²) in [5.74, 6) is 2.10. The number of aliphatic hydroxyl groups is 1. The van der Waals surface area contributed by atoms with Crippen LogP contribution < -0.4 is 0 Å². The Morgan fingerprint density at radius 1 is 1.29 bits per heavy atom. The molecule has 2 aliphatic carbocycles. The first-order valence-corrected chi connectivity index (χ1v) is 5.22. The Labute approximate surface area is 84.7 Å². The highest BCUT2D eigenvalue weighted by molar-refractivity contribution is 5.13. The second kappa shape index (κ2) is 4.43.